The highest BCUT2D eigenvalue weighted by Gasteiger charge is 2.44. The van der Waals surface area contributed by atoms with Crippen LogP contribution in [0.4, 0.5) is 13.2 Å². The van der Waals surface area contributed by atoms with Crippen molar-refractivity contribution in [2.75, 3.05) is 14.2 Å². The Hall–Kier alpha value is -2.34. The second-order valence-corrected chi connectivity index (χ2v) is 4.82. The van der Waals surface area contributed by atoms with Gasteiger partial charge in [0.05, 0.1) is 12.7 Å². The lowest BCUT2D eigenvalue weighted by atomic mass is 9.85. The van der Waals surface area contributed by atoms with Gasteiger partial charge in [0.25, 0.3) is 0 Å². The minimum absolute atomic E-state index is 0.256. The summed E-state index contributed by atoms with van der Waals surface area (Å²) in [6, 6.07) is 12.7. The molecule has 6 heteroatoms. The van der Waals surface area contributed by atoms with Crippen LogP contribution in [0.15, 0.2) is 54.6 Å². The first kappa shape index (κ1) is 17.0. The van der Waals surface area contributed by atoms with Gasteiger partial charge >= 0.3 is 12.1 Å². The van der Waals surface area contributed by atoms with Gasteiger partial charge in [-0.3, -0.25) is 0 Å². The third-order valence-corrected chi connectivity index (χ3v) is 3.58. The minimum Gasteiger partial charge on any atom is -0.466 e. The molecule has 0 aromatic heterocycles. The summed E-state index contributed by atoms with van der Waals surface area (Å²) in [6.45, 7) is 0. The highest BCUT2D eigenvalue weighted by atomic mass is 19.4. The van der Waals surface area contributed by atoms with Crippen LogP contribution in [-0.4, -0.2) is 20.2 Å². The molecule has 0 N–H and O–H groups in total. The van der Waals surface area contributed by atoms with Gasteiger partial charge in [-0.2, -0.15) is 13.2 Å². The van der Waals surface area contributed by atoms with E-state index in [0.29, 0.717) is 5.56 Å². The van der Waals surface area contributed by atoms with E-state index >= 15 is 0 Å². The van der Waals surface area contributed by atoms with Gasteiger partial charge in [-0.15, -0.1) is 0 Å². The number of ether oxygens (including phenoxy) is 2. The van der Waals surface area contributed by atoms with Gasteiger partial charge < -0.3 is 9.47 Å². The summed E-state index contributed by atoms with van der Waals surface area (Å²) in [5.74, 6) is -0.717. The van der Waals surface area contributed by atoms with Crippen LogP contribution in [0, 0.1) is 0 Å². The molecule has 2 aromatic rings. The van der Waals surface area contributed by atoms with Crippen LogP contribution in [0.25, 0.3) is 0 Å². The van der Waals surface area contributed by atoms with Crippen molar-refractivity contribution in [2.24, 2.45) is 0 Å². The Morgan fingerprint density at radius 1 is 0.826 bits per heavy atom. The van der Waals surface area contributed by atoms with Gasteiger partial charge in [0.1, 0.15) is 0 Å². The predicted octanol–water partition coefficient (Wildman–Crippen LogP) is 3.77. The van der Waals surface area contributed by atoms with Crippen LogP contribution in [0.5, 0.6) is 0 Å². The van der Waals surface area contributed by atoms with E-state index in [1.54, 1.807) is 30.3 Å². The molecular weight excluding hydrogens is 309 g/mol. The Morgan fingerprint density at radius 3 is 1.74 bits per heavy atom. The Labute approximate surface area is 131 Å². The predicted molar refractivity (Wildman–Crippen MR) is 77.7 cm³/mol. The zero-order valence-electron chi connectivity index (χ0n) is 12.6. The smallest absolute Gasteiger partial charge is 0.416 e. The van der Waals surface area contributed by atoms with Gasteiger partial charge in [-0.05, 0) is 23.3 Å². The van der Waals surface area contributed by atoms with Crippen molar-refractivity contribution in [1.82, 2.24) is 0 Å². The van der Waals surface area contributed by atoms with E-state index in [1.807, 2.05) is 0 Å². The fourth-order valence-electron chi connectivity index (χ4n) is 2.43. The van der Waals surface area contributed by atoms with E-state index < -0.39 is 23.3 Å². The van der Waals surface area contributed by atoms with E-state index in [9.17, 15) is 18.0 Å². The molecule has 1 unspecified atom stereocenters. The van der Waals surface area contributed by atoms with Gasteiger partial charge in [0.2, 0.25) is 5.60 Å². The number of hydrogen-bond acceptors (Lipinski definition) is 3. The highest BCUT2D eigenvalue weighted by molar-refractivity contribution is 5.85. The molecule has 2 rings (SSSR count). The summed E-state index contributed by atoms with van der Waals surface area (Å²) in [5, 5.41) is 0. The molecule has 0 aliphatic carbocycles. The lowest BCUT2D eigenvalue weighted by Gasteiger charge is -2.30. The van der Waals surface area contributed by atoms with Crippen molar-refractivity contribution < 1.29 is 27.4 Å². The lowest BCUT2D eigenvalue weighted by Crippen LogP contribution is -2.40. The summed E-state index contributed by atoms with van der Waals surface area (Å²) < 4.78 is 48.4. The van der Waals surface area contributed by atoms with Gasteiger partial charge in [0.15, 0.2) is 0 Å². The molecule has 0 saturated heterocycles. The summed E-state index contributed by atoms with van der Waals surface area (Å²) >= 11 is 0. The van der Waals surface area contributed by atoms with E-state index in [-0.39, 0.29) is 5.56 Å². The maximum Gasteiger partial charge on any atom is 0.416 e. The Balaban J connectivity index is 2.61. The Kier molecular flexibility index (Phi) is 4.75. The molecule has 0 heterocycles. The maximum absolute atomic E-state index is 12.7. The molecule has 2 aromatic carbocycles. The number of esters is 1. The molecular formula is C17H15F3O3. The summed E-state index contributed by atoms with van der Waals surface area (Å²) in [6.07, 6.45) is -4.45. The summed E-state index contributed by atoms with van der Waals surface area (Å²) in [5.41, 5.74) is -1.70. The summed E-state index contributed by atoms with van der Waals surface area (Å²) in [7, 11) is 2.50. The normalized spacial score (nSPS) is 14.1. The third kappa shape index (κ3) is 3.07. The minimum atomic E-state index is -4.45. The monoisotopic (exact) mass is 324 g/mol. The topological polar surface area (TPSA) is 35.5 Å². The molecule has 0 saturated carbocycles. The lowest BCUT2D eigenvalue weighted by molar-refractivity contribution is -0.162. The second kappa shape index (κ2) is 6.42. The number of halogens is 3. The van der Waals surface area contributed by atoms with E-state index in [0.717, 1.165) is 12.1 Å². The molecule has 0 fully saturated rings. The zero-order valence-corrected chi connectivity index (χ0v) is 12.6. The zero-order chi connectivity index (χ0) is 17.1. The van der Waals surface area contributed by atoms with Crippen LogP contribution in [0.1, 0.15) is 16.7 Å². The SMILES string of the molecule is COC(=O)C(OC)(c1ccccc1)c1ccc(C(F)(F)F)cc1. The first-order valence-corrected chi connectivity index (χ1v) is 6.73. The van der Waals surface area contributed by atoms with Crippen LogP contribution in [-0.2, 0) is 26.0 Å². The van der Waals surface area contributed by atoms with Crippen molar-refractivity contribution in [3.8, 4) is 0 Å². The van der Waals surface area contributed by atoms with Crippen LogP contribution >= 0.6 is 0 Å². The molecule has 0 amide bonds. The Bertz CT molecular complexity index is 666. The number of rotatable bonds is 4. The van der Waals surface area contributed by atoms with Crippen molar-refractivity contribution >= 4 is 5.97 Å². The Morgan fingerprint density at radius 2 is 1.30 bits per heavy atom. The molecule has 23 heavy (non-hydrogen) atoms. The van der Waals surface area contributed by atoms with Gasteiger partial charge in [-0.25, -0.2) is 4.79 Å². The second-order valence-electron chi connectivity index (χ2n) is 4.82. The molecule has 1 atom stereocenters. The van der Waals surface area contributed by atoms with E-state index in [4.69, 9.17) is 9.47 Å². The average Bonchev–Trinajstić information content (AvgIpc) is 2.56. The third-order valence-electron chi connectivity index (χ3n) is 3.58. The molecule has 0 spiro atoms. The van der Waals surface area contributed by atoms with E-state index in [2.05, 4.69) is 0 Å². The number of benzene rings is 2. The van der Waals surface area contributed by atoms with Crippen molar-refractivity contribution in [3.05, 3.63) is 71.3 Å². The number of methoxy groups -OCH3 is 2. The number of carbonyl (C=O) groups excluding carboxylic acids is 1. The van der Waals surface area contributed by atoms with Gasteiger partial charge in [0, 0.05) is 7.11 Å². The van der Waals surface area contributed by atoms with E-state index in [1.165, 1.54) is 26.4 Å². The number of carbonyl (C=O) groups is 1. The molecule has 0 radical (unpaired) electrons. The molecule has 122 valence electrons. The molecule has 0 aliphatic rings. The summed E-state index contributed by atoms with van der Waals surface area (Å²) in [4.78, 5) is 12.4. The van der Waals surface area contributed by atoms with Crippen molar-refractivity contribution in [2.45, 2.75) is 11.8 Å². The van der Waals surface area contributed by atoms with Crippen LogP contribution < -0.4 is 0 Å². The average molecular weight is 324 g/mol. The van der Waals surface area contributed by atoms with Crippen LogP contribution in [0.2, 0.25) is 0 Å². The van der Waals surface area contributed by atoms with Crippen molar-refractivity contribution in [1.29, 1.82) is 0 Å². The largest absolute Gasteiger partial charge is 0.466 e. The highest BCUT2D eigenvalue weighted by Crippen LogP contribution is 2.36. The van der Waals surface area contributed by atoms with Gasteiger partial charge in [-0.1, -0.05) is 42.5 Å². The fourth-order valence-corrected chi connectivity index (χ4v) is 2.43. The fraction of sp³-hybridized carbons (Fsp3) is 0.235. The first-order valence-electron chi connectivity index (χ1n) is 6.73. The number of alkyl halides is 3. The molecule has 3 nitrogen and oxygen atoms in total. The number of hydrogen-bond donors (Lipinski definition) is 0. The first-order chi connectivity index (χ1) is 10.9. The maximum atomic E-state index is 12.7. The quantitative estimate of drug-likeness (QED) is 0.803. The van der Waals surface area contributed by atoms with Crippen LogP contribution in [0.3, 0.4) is 0 Å². The molecule has 0 bridgehead atoms. The standard InChI is InChI=1S/C17H15F3O3/c1-22-15(21)16(23-2,12-6-4-3-5-7-12)13-8-10-14(11-9-13)17(18,19)20/h3-11H,1-2H3. The van der Waals surface area contributed by atoms with Crippen molar-refractivity contribution in [3.63, 3.8) is 0 Å². The molecule has 0 aliphatic heterocycles.